The summed E-state index contributed by atoms with van der Waals surface area (Å²) in [7, 11) is 1.39. The van der Waals surface area contributed by atoms with Crippen molar-refractivity contribution in [3.05, 3.63) is 16.4 Å². The Hall–Kier alpha value is -2.10. The molecule has 7 heteroatoms. The van der Waals surface area contributed by atoms with E-state index in [0.717, 1.165) is 0 Å². The van der Waals surface area contributed by atoms with Crippen LogP contribution in [0.2, 0.25) is 0 Å². The number of aliphatic hydroxyl groups excluding tert-OH is 1. The van der Waals surface area contributed by atoms with Gasteiger partial charge in [-0.2, -0.15) is 0 Å². The van der Waals surface area contributed by atoms with Crippen LogP contribution in [0.5, 0.6) is 0 Å². The number of allylic oxidation sites excluding steroid dienone is 1. The fourth-order valence-electron chi connectivity index (χ4n) is 0.863. The number of carbonyl (C=O) groups excluding carboxylic acids is 1. The molecular formula is C9H14N3O4+. The fraction of sp³-hybridized carbons (Fsp3) is 0.556. The van der Waals surface area contributed by atoms with Gasteiger partial charge in [0.25, 0.3) is 0 Å². The second kappa shape index (κ2) is 8.23. The molecule has 0 saturated carbocycles. The fourth-order valence-corrected chi connectivity index (χ4v) is 0.863. The molecule has 0 rings (SSSR count). The number of hydrogen-bond acceptors (Lipinski definition) is 6. The molecule has 0 aliphatic carbocycles. The van der Waals surface area contributed by atoms with Gasteiger partial charge in [-0.05, 0) is 13.3 Å². The summed E-state index contributed by atoms with van der Waals surface area (Å²) in [6.45, 7) is 1.74. The Kier molecular flexibility index (Phi) is 7.15. The zero-order valence-corrected chi connectivity index (χ0v) is 9.21. The van der Waals surface area contributed by atoms with Gasteiger partial charge in [-0.25, -0.2) is 4.79 Å². The van der Waals surface area contributed by atoms with Crippen LogP contribution in [0.25, 0.3) is 4.98 Å². The van der Waals surface area contributed by atoms with Crippen molar-refractivity contribution in [1.82, 2.24) is 0 Å². The summed E-state index contributed by atoms with van der Waals surface area (Å²) in [6, 6.07) is 0. The average Bonchev–Trinajstić information content (AvgIpc) is 2.26. The van der Waals surface area contributed by atoms with Gasteiger partial charge in [-0.3, -0.25) is 0 Å². The van der Waals surface area contributed by atoms with Crippen LogP contribution in [-0.4, -0.2) is 31.0 Å². The van der Waals surface area contributed by atoms with Gasteiger partial charge in [0.15, 0.2) is 10.7 Å². The van der Waals surface area contributed by atoms with E-state index in [2.05, 4.69) is 19.7 Å². The number of carbonyl (C=O) groups is 1. The van der Waals surface area contributed by atoms with Crippen LogP contribution in [0.1, 0.15) is 19.8 Å². The number of aliphatic hydroxyl groups is 1. The Morgan fingerprint density at radius 3 is 2.81 bits per heavy atom. The molecule has 0 fully saturated rings. The predicted molar refractivity (Wildman–Crippen MR) is 56.1 cm³/mol. The van der Waals surface area contributed by atoms with E-state index in [1.807, 2.05) is 0 Å². The Balaban J connectivity index is 4.45. The van der Waals surface area contributed by atoms with Crippen molar-refractivity contribution < 1.29 is 19.5 Å². The van der Waals surface area contributed by atoms with Crippen molar-refractivity contribution >= 4 is 12.2 Å². The molecule has 16 heavy (non-hydrogen) atoms. The van der Waals surface area contributed by atoms with Crippen LogP contribution in [0.15, 0.2) is 16.6 Å². The highest BCUT2D eigenvalue weighted by Gasteiger charge is 2.29. The topological polar surface area (TPSA) is 96.3 Å². The summed E-state index contributed by atoms with van der Waals surface area (Å²) in [5.74, 6) is -1.23. The lowest BCUT2D eigenvalue weighted by Gasteiger charge is -1.95. The maximum absolute atomic E-state index is 11.2. The molecule has 0 aromatic heterocycles. The van der Waals surface area contributed by atoms with Crippen LogP contribution >= 0.6 is 0 Å². The zero-order chi connectivity index (χ0) is 12.4. The molecule has 0 amide bonds. The minimum absolute atomic E-state index is 0.102. The van der Waals surface area contributed by atoms with Gasteiger partial charge in [0, 0.05) is 12.6 Å². The smallest absolute Gasteiger partial charge is 0.505 e. The lowest BCUT2D eigenvalue weighted by molar-refractivity contribution is -0.138. The molecule has 0 aliphatic heterocycles. The van der Waals surface area contributed by atoms with E-state index in [9.17, 15) is 9.90 Å². The van der Waals surface area contributed by atoms with Crippen molar-refractivity contribution in [2.75, 3.05) is 13.7 Å². The molecule has 7 nitrogen and oxygen atoms in total. The first-order chi connectivity index (χ1) is 7.67. The minimum Gasteiger partial charge on any atom is -0.505 e. The molecule has 1 N–H and O–H groups in total. The average molecular weight is 228 g/mol. The molecule has 0 spiro atoms. The van der Waals surface area contributed by atoms with E-state index >= 15 is 0 Å². The van der Waals surface area contributed by atoms with Crippen LogP contribution < -0.4 is 0 Å². The third-order valence-electron chi connectivity index (χ3n) is 1.53. The highest BCUT2D eigenvalue weighted by Crippen LogP contribution is 2.10. The van der Waals surface area contributed by atoms with Crippen LogP contribution in [0.4, 0.5) is 0 Å². The Labute approximate surface area is 93.0 Å². The normalized spacial score (nSPS) is 11.8. The zero-order valence-electron chi connectivity index (χ0n) is 9.21. The van der Waals surface area contributed by atoms with E-state index < -0.39 is 11.7 Å². The summed E-state index contributed by atoms with van der Waals surface area (Å²) in [5.41, 5.74) is -0.493. The van der Waals surface area contributed by atoms with Gasteiger partial charge in [0.05, 0.1) is 6.61 Å². The van der Waals surface area contributed by atoms with Gasteiger partial charge in [0.2, 0.25) is 5.39 Å². The van der Waals surface area contributed by atoms with E-state index in [-0.39, 0.29) is 18.8 Å². The van der Waals surface area contributed by atoms with Gasteiger partial charge < -0.3 is 14.7 Å². The molecule has 0 heterocycles. The van der Waals surface area contributed by atoms with Crippen molar-refractivity contribution in [1.29, 1.82) is 5.39 Å². The number of diazo groups is 1. The lowest BCUT2D eigenvalue weighted by atomic mass is 10.2. The maximum atomic E-state index is 11.2. The van der Waals surface area contributed by atoms with E-state index in [1.54, 1.807) is 6.92 Å². The Morgan fingerprint density at radius 2 is 2.31 bits per heavy atom. The van der Waals surface area contributed by atoms with Crippen molar-refractivity contribution in [3.63, 3.8) is 0 Å². The number of rotatable bonds is 6. The van der Waals surface area contributed by atoms with Crippen molar-refractivity contribution in [3.8, 4) is 0 Å². The third kappa shape index (κ3) is 4.95. The first-order valence-corrected chi connectivity index (χ1v) is 4.66. The number of nitrogens with zero attached hydrogens (tertiary/aromatic N) is 3. The van der Waals surface area contributed by atoms with E-state index in [4.69, 9.17) is 5.39 Å². The molecule has 0 atom stereocenters. The summed E-state index contributed by atoms with van der Waals surface area (Å²) in [5, 5.41) is 21.4. The first-order valence-electron chi connectivity index (χ1n) is 4.66. The summed E-state index contributed by atoms with van der Waals surface area (Å²) in [6.07, 6.45) is 1.86. The second-order valence-electron chi connectivity index (χ2n) is 2.63. The van der Waals surface area contributed by atoms with Gasteiger partial charge in [-0.15, -0.1) is 0 Å². The van der Waals surface area contributed by atoms with Gasteiger partial charge in [-0.1, -0.05) is 5.16 Å². The Bertz CT molecular complexity index is 330. The molecule has 0 radical (unpaired) electrons. The molecule has 0 saturated heterocycles. The van der Waals surface area contributed by atoms with Crippen LogP contribution in [0, 0.1) is 5.39 Å². The summed E-state index contributed by atoms with van der Waals surface area (Å²) < 4.78 is 4.57. The highest BCUT2D eigenvalue weighted by molar-refractivity contribution is 5.90. The van der Waals surface area contributed by atoms with Gasteiger partial charge in [0.1, 0.15) is 7.11 Å². The minimum atomic E-state index is -0.869. The molecule has 0 bridgehead atoms. The molecule has 0 aromatic rings. The number of hydrogen-bond donors (Lipinski definition) is 1. The highest BCUT2D eigenvalue weighted by atomic mass is 16.6. The lowest BCUT2D eigenvalue weighted by Crippen LogP contribution is -2.08. The second-order valence-corrected chi connectivity index (χ2v) is 2.63. The number of esters is 1. The molecular weight excluding hydrogens is 214 g/mol. The summed E-state index contributed by atoms with van der Waals surface area (Å²) in [4.78, 5) is 18.2. The maximum Gasteiger partial charge on any atom is 0.505 e. The van der Waals surface area contributed by atoms with Crippen LogP contribution in [0.3, 0.4) is 0 Å². The largest absolute Gasteiger partial charge is 0.505 e. The van der Waals surface area contributed by atoms with Crippen molar-refractivity contribution in [2.24, 2.45) is 5.16 Å². The monoisotopic (exact) mass is 228 g/mol. The molecule has 0 unspecified atom stereocenters. The molecule has 0 aromatic carbocycles. The van der Waals surface area contributed by atoms with E-state index in [0.29, 0.717) is 6.42 Å². The van der Waals surface area contributed by atoms with Gasteiger partial charge >= 0.3 is 11.7 Å². The Morgan fingerprint density at radius 1 is 1.62 bits per heavy atom. The first kappa shape index (κ1) is 13.9. The van der Waals surface area contributed by atoms with Crippen LogP contribution in [-0.2, 0) is 14.4 Å². The SMILES string of the molecule is CCOC(=O)/C([N+]#N)=C(\O)CC/C=N/OC. The molecule has 88 valence electrons. The predicted octanol–water partition coefficient (Wildman–Crippen LogP) is 1.58. The number of oxime groups is 1. The number of ether oxygens (including phenoxy) is 1. The summed E-state index contributed by atoms with van der Waals surface area (Å²) >= 11 is 0. The quantitative estimate of drug-likeness (QED) is 0.186. The third-order valence-corrected chi connectivity index (χ3v) is 1.53. The standard InChI is InChI=1S/C9H13N3O4/c1-3-16-9(14)8(12-10)7(13)5-4-6-11-15-2/h6H,3-5H2,1-2H3/p+1/b11-6+. The van der Waals surface area contributed by atoms with Crippen molar-refractivity contribution in [2.45, 2.75) is 19.8 Å². The molecule has 0 aliphatic rings. The van der Waals surface area contributed by atoms with E-state index in [1.165, 1.54) is 13.3 Å².